The monoisotopic (exact) mass is 292 g/mol. The van der Waals surface area contributed by atoms with E-state index in [9.17, 15) is 18.5 Å². The summed E-state index contributed by atoms with van der Waals surface area (Å²) in [5, 5.41) is 13.8. The Balaban J connectivity index is 2.90. The van der Waals surface area contributed by atoms with Crippen LogP contribution in [-0.4, -0.2) is 31.4 Å². The van der Waals surface area contributed by atoms with Crippen molar-refractivity contribution in [1.82, 2.24) is 0 Å². The molecule has 0 bridgehead atoms. The van der Waals surface area contributed by atoms with Gasteiger partial charge in [-0.15, -0.1) is 0 Å². The zero-order valence-corrected chi connectivity index (χ0v) is 11.5. The van der Waals surface area contributed by atoms with Crippen molar-refractivity contribution in [1.29, 1.82) is 0 Å². The lowest BCUT2D eigenvalue weighted by molar-refractivity contribution is -0.384. The Labute approximate surface area is 110 Å². The van der Waals surface area contributed by atoms with Crippen molar-refractivity contribution in [3.05, 3.63) is 33.3 Å². The molecule has 1 rings (SSSR count). The van der Waals surface area contributed by atoms with Crippen LogP contribution in [-0.2, 0) is 9.84 Å². The second kappa shape index (κ2) is 5.53. The van der Waals surface area contributed by atoms with Crippen LogP contribution in [0.25, 0.3) is 0 Å². The van der Waals surface area contributed by atoms with Crippen LogP contribution in [0, 0.1) is 10.1 Å². The maximum absolute atomic E-state index is 11.1. The Hall–Kier alpha value is -1.34. The van der Waals surface area contributed by atoms with Crippen molar-refractivity contribution in [2.75, 3.05) is 17.3 Å². The Morgan fingerprint density at radius 2 is 2.11 bits per heavy atom. The summed E-state index contributed by atoms with van der Waals surface area (Å²) in [4.78, 5) is 10.1. The van der Waals surface area contributed by atoms with Gasteiger partial charge in [0.2, 0.25) is 0 Å². The number of sulfone groups is 1. The molecule has 1 unspecified atom stereocenters. The van der Waals surface area contributed by atoms with Gasteiger partial charge in [0.15, 0.2) is 0 Å². The number of anilines is 1. The highest BCUT2D eigenvalue weighted by Crippen LogP contribution is 2.27. The molecule has 1 atom stereocenters. The molecule has 8 heteroatoms. The van der Waals surface area contributed by atoms with Gasteiger partial charge >= 0.3 is 0 Å². The molecule has 1 N–H and O–H groups in total. The van der Waals surface area contributed by atoms with Crippen LogP contribution in [0.1, 0.15) is 6.92 Å². The van der Waals surface area contributed by atoms with Crippen LogP contribution in [0.4, 0.5) is 11.4 Å². The number of nitrogens with one attached hydrogen (secondary N) is 1. The van der Waals surface area contributed by atoms with Crippen molar-refractivity contribution in [3.8, 4) is 0 Å². The second-order valence-electron chi connectivity index (χ2n) is 4.06. The van der Waals surface area contributed by atoms with Crippen LogP contribution < -0.4 is 5.32 Å². The number of nitro benzene ring substituents is 1. The van der Waals surface area contributed by atoms with E-state index in [0.717, 1.165) is 6.26 Å². The van der Waals surface area contributed by atoms with E-state index < -0.39 is 14.8 Å². The van der Waals surface area contributed by atoms with Gasteiger partial charge in [-0.2, -0.15) is 0 Å². The highest BCUT2D eigenvalue weighted by Gasteiger charge is 2.14. The molecule has 0 aliphatic carbocycles. The van der Waals surface area contributed by atoms with Crippen LogP contribution in [0.5, 0.6) is 0 Å². The van der Waals surface area contributed by atoms with Crippen LogP contribution in [0.2, 0.25) is 5.02 Å². The highest BCUT2D eigenvalue weighted by atomic mass is 35.5. The molecule has 0 spiro atoms. The Bertz CT molecular complexity index is 559. The summed E-state index contributed by atoms with van der Waals surface area (Å²) < 4.78 is 22.2. The van der Waals surface area contributed by atoms with Crippen LogP contribution in [0.3, 0.4) is 0 Å². The van der Waals surface area contributed by atoms with Gasteiger partial charge in [-0.1, -0.05) is 11.6 Å². The molecule has 0 fully saturated rings. The molecule has 100 valence electrons. The molecule has 0 aliphatic heterocycles. The van der Waals surface area contributed by atoms with E-state index in [2.05, 4.69) is 5.32 Å². The molecule has 6 nitrogen and oxygen atoms in total. The average molecular weight is 293 g/mol. The standard InChI is InChI=1S/C10H13ClN2O4S/c1-7(6-18(2,16)17)12-10-5-8(13(14)15)3-4-9(10)11/h3-5,7,12H,6H2,1-2H3. The zero-order chi connectivity index (χ0) is 13.9. The van der Waals surface area contributed by atoms with E-state index in [4.69, 9.17) is 11.6 Å². The largest absolute Gasteiger partial charge is 0.380 e. The van der Waals surface area contributed by atoms with E-state index in [1.807, 2.05) is 0 Å². The van der Waals surface area contributed by atoms with E-state index in [1.165, 1.54) is 18.2 Å². The molecule has 0 aromatic heterocycles. The third-order valence-electron chi connectivity index (χ3n) is 2.12. The van der Waals surface area contributed by atoms with Gasteiger partial charge in [0.1, 0.15) is 9.84 Å². The predicted molar refractivity (Wildman–Crippen MR) is 70.9 cm³/mol. The normalized spacial score (nSPS) is 13.1. The highest BCUT2D eigenvalue weighted by molar-refractivity contribution is 7.90. The van der Waals surface area contributed by atoms with Gasteiger partial charge in [-0.25, -0.2) is 8.42 Å². The van der Waals surface area contributed by atoms with Gasteiger partial charge in [0.25, 0.3) is 5.69 Å². The molecular weight excluding hydrogens is 280 g/mol. The number of benzene rings is 1. The fraction of sp³-hybridized carbons (Fsp3) is 0.400. The predicted octanol–water partition coefficient (Wildman–Crippen LogP) is 2.09. The first-order chi connectivity index (χ1) is 8.19. The first-order valence-corrected chi connectivity index (χ1v) is 7.51. The molecule has 0 aliphatic rings. The minimum absolute atomic E-state index is 0.0774. The first-order valence-electron chi connectivity index (χ1n) is 5.07. The Morgan fingerprint density at radius 1 is 1.50 bits per heavy atom. The molecule has 0 amide bonds. The fourth-order valence-electron chi connectivity index (χ4n) is 1.50. The summed E-state index contributed by atoms with van der Waals surface area (Å²) in [7, 11) is -3.12. The van der Waals surface area contributed by atoms with Crippen molar-refractivity contribution in [2.45, 2.75) is 13.0 Å². The number of halogens is 1. The molecule has 0 radical (unpaired) electrons. The summed E-state index contributed by atoms with van der Waals surface area (Å²) in [5.74, 6) is -0.0774. The summed E-state index contributed by atoms with van der Waals surface area (Å²) in [6, 6.07) is 3.57. The average Bonchev–Trinajstić information content (AvgIpc) is 2.18. The molecule has 18 heavy (non-hydrogen) atoms. The summed E-state index contributed by atoms with van der Waals surface area (Å²) in [6.45, 7) is 1.66. The number of nitro groups is 1. The minimum atomic E-state index is -3.12. The fourth-order valence-corrected chi connectivity index (χ4v) is 2.66. The molecular formula is C10H13ClN2O4S. The maximum atomic E-state index is 11.1. The topological polar surface area (TPSA) is 89.3 Å². The summed E-state index contributed by atoms with van der Waals surface area (Å²) in [6.07, 6.45) is 1.13. The van der Waals surface area contributed by atoms with Gasteiger partial charge < -0.3 is 5.32 Å². The number of nitrogens with zero attached hydrogens (tertiary/aromatic N) is 1. The minimum Gasteiger partial charge on any atom is -0.380 e. The zero-order valence-electron chi connectivity index (χ0n) is 9.88. The first kappa shape index (κ1) is 14.7. The SMILES string of the molecule is CC(CS(C)(=O)=O)Nc1cc([N+](=O)[O-])ccc1Cl. The Morgan fingerprint density at radius 3 is 2.61 bits per heavy atom. The van der Waals surface area contributed by atoms with Crippen molar-refractivity contribution < 1.29 is 13.3 Å². The van der Waals surface area contributed by atoms with E-state index >= 15 is 0 Å². The lowest BCUT2D eigenvalue weighted by atomic mass is 10.2. The Kier molecular flexibility index (Phi) is 4.53. The number of hydrogen-bond acceptors (Lipinski definition) is 5. The van der Waals surface area contributed by atoms with Crippen molar-refractivity contribution >= 4 is 32.8 Å². The lowest BCUT2D eigenvalue weighted by Gasteiger charge is -2.15. The molecule has 0 saturated heterocycles. The number of rotatable bonds is 5. The van der Waals surface area contributed by atoms with Crippen LogP contribution in [0.15, 0.2) is 18.2 Å². The molecule has 0 heterocycles. The van der Waals surface area contributed by atoms with Gasteiger partial charge in [-0.3, -0.25) is 10.1 Å². The second-order valence-corrected chi connectivity index (χ2v) is 6.65. The summed E-state index contributed by atoms with van der Waals surface area (Å²) in [5.41, 5.74) is 0.246. The smallest absolute Gasteiger partial charge is 0.271 e. The van der Waals surface area contributed by atoms with Gasteiger partial charge in [0.05, 0.1) is 21.4 Å². The molecule has 1 aromatic rings. The lowest BCUT2D eigenvalue weighted by Crippen LogP contribution is -2.25. The molecule has 1 aromatic carbocycles. The van der Waals surface area contributed by atoms with Crippen LogP contribution >= 0.6 is 11.6 Å². The van der Waals surface area contributed by atoms with Gasteiger partial charge in [0, 0.05) is 24.4 Å². The number of hydrogen-bond donors (Lipinski definition) is 1. The summed E-state index contributed by atoms with van der Waals surface area (Å²) >= 11 is 5.88. The van der Waals surface area contributed by atoms with Crippen molar-refractivity contribution in [2.24, 2.45) is 0 Å². The number of non-ortho nitro benzene ring substituents is 1. The quantitative estimate of drug-likeness (QED) is 0.663. The van der Waals surface area contributed by atoms with Gasteiger partial charge in [-0.05, 0) is 13.0 Å². The van der Waals surface area contributed by atoms with E-state index in [0.29, 0.717) is 10.7 Å². The molecule has 0 saturated carbocycles. The van der Waals surface area contributed by atoms with E-state index in [1.54, 1.807) is 6.92 Å². The van der Waals surface area contributed by atoms with E-state index in [-0.39, 0.29) is 17.5 Å². The third-order valence-corrected chi connectivity index (χ3v) is 3.55. The van der Waals surface area contributed by atoms with Crippen molar-refractivity contribution in [3.63, 3.8) is 0 Å². The maximum Gasteiger partial charge on any atom is 0.271 e. The third kappa shape index (κ3) is 4.50.